The van der Waals surface area contributed by atoms with Gasteiger partial charge in [-0.1, -0.05) is 30.0 Å². The summed E-state index contributed by atoms with van der Waals surface area (Å²) in [5.74, 6) is -0.763. The van der Waals surface area contributed by atoms with Crippen molar-refractivity contribution in [1.29, 1.82) is 0 Å². The van der Waals surface area contributed by atoms with E-state index in [4.69, 9.17) is 26.8 Å². The lowest BCUT2D eigenvalue weighted by atomic mass is 10.2. The second-order valence-electron chi connectivity index (χ2n) is 6.50. The first-order valence-corrected chi connectivity index (χ1v) is 10.4. The molecule has 2 aromatic heterocycles. The Balaban J connectivity index is 1.81. The molecule has 0 atom stereocenters. The molecular formula is C21H15N3O6S2. The Kier molecular flexibility index (Phi) is 5.93. The zero-order chi connectivity index (χ0) is 22.8. The van der Waals surface area contributed by atoms with Crippen LogP contribution in [0.5, 0.6) is 17.4 Å². The van der Waals surface area contributed by atoms with Gasteiger partial charge in [-0.05, 0) is 42.5 Å². The highest BCUT2D eigenvalue weighted by Gasteiger charge is 2.34. The molecule has 1 aliphatic heterocycles. The number of methoxy groups -OCH3 is 1. The van der Waals surface area contributed by atoms with Crippen molar-refractivity contribution in [3.63, 3.8) is 0 Å². The van der Waals surface area contributed by atoms with Crippen molar-refractivity contribution < 1.29 is 24.2 Å². The zero-order valence-corrected chi connectivity index (χ0v) is 18.2. The molecule has 3 heterocycles. The predicted octanol–water partition coefficient (Wildman–Crippen LogP) is 2.78. The molecule has 1 saturated heterocycles. The average molecular weight is 470 g/mol. The minimum Gasteiger partial charge on any atom is -0.497 e. The van der Waals surface area contributed by atoms with Gasteiger partial charge in [-0.15, -0.1) is 0 Å². The Morgan fingerprint density at radius 2 is 1.91 bits per heavy atom. The van der Waals surface area contributed by atoms with Crippen LogP contribution >= 0.6 is 24.0 Å². The van der Waals surface area contributed by atoms with Gasteiger partial charge in [0.15, 0.2) is 0 Å². The monoisotopic (exact) mass is 469 g/mol. The second kappa shape index (κ2) is 8.81. The second-order valence-corrected chi connectivity index (χ2v) is 8.18. The molecule has 11 heteroatoms. The fourth-order valence-electron chi connectivity index (χ4n) is 2.94. The van der Waals surface area contributed by atoms with Crippen molar-refractivity contribution in [3.05, 3.63) is 69.5 Å². The number of aromatic nitrogens is 2. The number of rotatable bonds is 6. The average Bonchev–Trinajstić information content (AvgIpc) is 3.04. The molecule has 0 unspecified atom stereocenters. The van der Waals surface area contributed by atoms with Crippen LogP contribution in [0.1, 0.15) is 5.56 Å². The van der Waals surface area contributed by atoms with Gasteiger partial charge in [0.05, 0.1) is 12.0 Å². The van der Waals surface area contributed by atoms with E-state index in [2.05, 4.69) is 4.98 Å². The summed E-state index contributed by atoms with van der Waals surface area (Å²) in [5, 5.41) is 9.02. The largest absolute Gasteiger partial charge is 0.497 e. The Hall–Kier alpha value is -3.70. The van der Waals surface area contributed by atoms with Crippen LogP contribution in [0, 0.1) is 0 Å². The number of thiocarbonyl (C=S) groups is 1. The van der Waals surface area contributed by atoms with Crippen LogP contribution in [0.2, 0.25) is 0 Å². The number of benzene rings is 1. The van der Waals surface area contributed by atoms with Crippen LogP contribution in [0.25, 0.3) is 11.7 Å². The summed E-state index contributed by atoms with van der Waals surface area (Å²) in [5.41, 5.74) is -0.0699. The van der Waals surface area contributed by atoms with E-state index in [1.54, 1.807) is 55.8 Å². The first kappa shape index (κ1) is 21.5. The summed E-state index contributed by atoms with van der Waals surface area (Å²) in [6.45, 7) is -0.563. The number of pyridine rings is 1. The normalized spacial score (nSPS) is 14.9. The van der Waals surface area contributed by atoms with E-state index in [-0.39, 0.29) is 20.7 Å². The van der Waals surface area contributed by atoms with E-state index < -0.39 is 24.0 Å². The Bertz CT molecular complexity index is 1330. The number of hydrogen-bond donors (Lipinski definition) is 1. The fourth-order valence-corrected chi connectivity index (χ4v) is 4.18. The summed E-state index contributed by atoms with van der Waals surface area (Å²) in [6, 6.07) is 11.8. The van der Waals surface area contributed by atoms with Crippen LogP contribution < -0.4 is 15.0 Å². The quantitative estimate of drug-likeness (QED) is 0.430. The molecule has 0 saturated carbocycles. The van der Waals surface area contributed by atoms with Crippen molar-refractivity contribution in [3.8, 4) is 17.4 Å². The molecule has 1 fully saturated rings. The van der Waals surface area contributed by atoms with Crippen LogP contribution in [0.4, 0.5) is 0 Å². The maximum atomic E-state index is 13.2. The van der Waals surface area contributed by atoms with E-state index in [1.165, 1.54) is 10.5 Å². The smallest absolute Gasteiger partial charge is 0.323 e. The number of thioether (sulfide) groups is 1. The predicted molar refractivity (Wildman–Crippen MR) is 122 cm³/mol. The SMILES string of the molecule is COc1ccc(Oc2nc3ccccn3c(=O)c2C=C2SC(=S)N(CC(=O)O)C2=O)cc1. The summed E-state index contributed by atoms with van der Waals surface area (Å²) in [7, 11) is 1.54. The van der Waals surface area contributed by atoms with Crippen molar-refractivity contribution in [2.24, 2.45) is 0 Å². The van der Waals surface area contributed by atoms with E-state index in [1.807, 2.05) is 0 Å². The van der Waals surface area contributed by atoms with Gasteiger partial charge in [-0.25, -0.2) is 0 Å². The topological polar surface area (TPSA) is 110 Å². The first-order chi connectivity index (χ1) is 15.4. The van der Waals surface area contributed by atoms with Gasteiger partial charge in [0.2, 0.25) is 5.88 Å². The van der Waals surface area contributed by atoms with Crippen molar-refractivity contribution in [2.45, 2.75) is 0 Å². The number of hydrogen-bond acceptors (Lipinski definition) is 8. The third kappa shape index (κ3) is 4.20. The standard InChI is InChI=1S/C21H15N3O6S2/c1-29-12-5-7-13(8-6-12)30-18-14(19(27)23-9-3-2-4-16(23)22-18)10-15-20(28)24(11-17(25)26)21(31)32-15/h2-10H,11H2,1H3,(H,25,26). The Labute approximate surface area is 190 Å². The summed E-state index contributed by atoms with van der Waals surface area (Å²) >= 11 is 6.03. The lowest BCUT2D eigenvalue weighted by molar-refractivity contribution is -0.140. The van der Waals surface area contributed by atoms with E-state index in [0.717, 1.165) is 16.7 Å². The highest BCUT2D eigenvalue weighted by atomic mass is 32.2. The molecule has 0 bridgehead atoms. The molecule has 1 aromatic carbocycles. The number of carboxylic acids is 1. The van der Waals surface area contributed by atoms with Gasteiger partial charge in [-0.2, -0.15) is 4.98 Å². The molecule has 3 aromatic rings. The maximum absolute atomic E-state index is 13.2. The summed E-state index contributed by atoms with van der Waals surface area (Å²) in [6.07, 6.45) is 2.88. The first-order valence-electron chi connectivity index (χ1n) is 9.18. The van der Waals surface area contributed by atoms with Crippen LogP contribution in [0.15, 0.2) is 58.4 Å². The molecule has 32 heavy (non-hydrogen) atoms. The van der Waals surface area contributed by atoms with Gasteiger partial charge in [-0.3, -0.25) is 23.7 Å². The van der Waals surface area contributed by atoms with Crippen molar-refractivity contribution >= 4 is 51.9 Å². The molecule has 0 aliphatic carbocycles. The number of fused-ring (bicyclic) bond motifs is 1. The van der Waals surface area contributed by atoms with Gasteiger partial charge in [0.1, 0.15) is 33.6 Å². The Morgan fingerprint density at radius 3 is 2.59 bits per heavy atom. The molecule has 9 nitrogen and oxygen atoms in total. The van der Waals surface area contributed by atoms with Crippen molar-refractivity contribution in [1.82, 2.24) is 14.3 Å². The minimum atomic E-state index is -1.20. The third-order valence-electron chi connectivity index (χ3n) is 4.45. The molecular weight excluding hydrogens is 454 g/mol. The van der Waals surface area contributed by atoms with Gasteiger partial charge >= 0.3 is 5.97 Å². The number of carboxylic acid groups (broad SMARTS) is 1. The molecule has 162 valence electrons. The lowest BCUT2D eigenvalue weighted by Crippen LogP contribution is -2.33. The van der Waals surface area contributed by atoms with Gasteiger partial charge in [0, 0.05) is 6.20 Å². The fraction of sp³-hybridized carbons (Fsp3) is 0.0952. The Morgan fingerprint density at radius 1 is 1.19 bits per heavy atom. The molecule has 0 spiro atoms. The number of carbonyl (C=O) groups is 2. The van der Waals surface area contributed by atoms with Crippen LogP contribution in [-0.2, 0) is 9.59 Å². The number of aliphatic carboxylic acids is 1. The highest BCUT2D eigenvalue weighted by molar-refractivity contribution is 8.26. The summed E-state index contributed by atoms with van der Waals surface area (Å²) < 4.78 is 12.4. The maximum Gasteiger partial charge on any atom is 0.323 e. The summed E-state index contributed by atoms with van der Waals surface area (Å²) in [4.78, 5) is 42.4. The van der Waals surface area contributed by atoms with Gasteiger partial charge < -0.3 is 14.6 Å². The molecule has 4 rings (SSSR count). The molecule has 0 radical (unpaired) electrons. The third-order valence-corrected chi connectivity index (χ3v) is 5.83. The van der Waals surface area contributed by atoms with Crippen molar-refractivity contribution in [2.75, 3.05) is 13.7 Å². The molecule has 1 aliphatic rings. The van der Waals surface area contributed by atoms with E-state index in [9.17, 15) is 14.4 Å². The van der Waals surface area contributed by atoms with Crippen LogP contribution in [0.3, 0.4) is 0 Å². The number of ether oxygens (including phenoxy) is 2. The minimum absolute atomic E-state index is 0.00475. The van der Waals surface area contributed by atoms with Crippen LogP contribution in [-0.4, -0.2) is 49.2 Å². The number of carbonyl (C=O) groups excluding carboxylic acids is 1. The number of amides is 1. The highest BCUT2D eigenvalue weighted by Crippen LogP contribution is 2.34. The van der Waals surface area contributed by atoms with E-state index >= 15 is 0 Å². The zero-order valence-electron chi connectivity index (χ0n) is 16.5. The van der Waals surface area contributed by atoms with E-state index in [0.29, 0.717) is 17.1 Å². The lowest BCUT2D eigenvalue weighted by Gasteiger charge is -2.11. The molecule has 1 N–H and O–H groups in total. The number of nitrogens with zero attached hydrogens (tertiary/aromatic N) is 3. The van der Waals surface area contributed by atoms with Gasteiger partial charge in [0.25, 0.3) is 11.5 Å². The molecule has 1 amide bonds.